The summed E-state index contributed by atoms with van der Waals surface area (Å²) in [7, 11) is -3.69. The van der Waals surface area contributed by atoms with Crippen LogP contribution in [0.4, 0.5) is 4.39 Å². The van der Waals surface area contributed by atoms with Gasteiger partial charge in [0.05, 0.1) is 4.90 Å². The van der Waals surface area contributed by atoms with Crippen molar-refractivity contribution in [3.63, 3.8) is 0 Å². The van der Waals surface area contributed by atoms with Crippen LogP contribution in [0.3, 0.4) is 0 Å². The van der Waals surface area contributed by atoms with Crippen molar-refractivity contribution in [3.05, 3.63) is 78.1 Å². The summed E-state index contributed by atoms with van der Waals surface area (Å²) in [6.07, 6.45) is 1.04. The Morgan fingerprint density at radius 3 is 2.43 bits per heavy atom. The average molecular weight is 498 g/mol. The predicted molar refractivity (Wildman–Crippen MR) is 132 cm³/mol. The molecule has 1 saturated heterocycles. The molecule has 3 aromatic rings. The van der Waals surface area contributed by atoms with Gasteiger partial charge in [-0.25, -0.2) is 12.8 Å². The summed E-state index contributed by atoms with van der Waals surface area (Å²) in [5, 5.41) is 7.10. The van der Waals surface area contributed by atoms with E-state index in [0.717, 1.165) is 5.39 Å². The topological polar surface area (TPSA) is 95.6 Å². The van der Waals surface area contributed by atoms with Crippen LogP contribution in [-0.4, -0.2) is 49.7 Å². The molecule has 4 rings (SSSR count). The summed E-state index contributed by atoms with van der Waals surface area (Å²) in [6, 6.07) is 17.4. The van der Waals surface area contributed by atoms with E-state index < -0.39 is 21.9 Å². The van der Waals surface area contributed by atoms with Gasteiger partial charge < -0.3 is 10.6 Å². The van der Waals surface area contributed by atoms with Crippen molar-refractivity contribution in [2.45, 2.75) is 43.2 Å². The second-order valence-corrected chi connectivity index (χ2v) is 10.7. The number of hydrogen-bond donors (Lipinski definition) is 2. The van der Waals surface area contributed by atoms with Crippen LogP contribution in [0.2, 0.25) is 0 Å². The van der Waals surface area contributed by atoms with Crippen LogP contribution >= 0.6 is 0 Å². The smallest absolute Gasteiger partial charge is 0.243 e. The first kappa shape index (κ1) is 24.8. The molecule has 184 valence electrons. The number of benzene rings is 3. The first-order valence-corrected chi connectivity index (χ1v) is 13.0. The molecule has 0 radical (unpaired) electrons. The van der Waals surface area contributed by atoms with Gasteiger partial charge in [-0.05, 0) is 42.0 Å². The highest BCUT2D eigenvalue weighted by molar-refractivity contribution is 7.89. The molecule has 2 N–H and O–H groups in total. The molecule has 2 amide bonds. The highest BCUT2D eigenvalue weighted by Crippen LogP contribution is 2.27. The maximum absolute atomic E-state index is 13.6. The van der Waals surface area contributed by atoms with Gasteiger partial charge in [0.1, 0.15) is 11.9 Å². The van der Waals surface area contributed by atoms with Gasteiger partial charge >= 0.3 is 0 Å². The molecule has 0 aromatic heterocycles. The summed E-state index contributed by atoms with van der Waals surface area (Å²) < 4.78 is 41.7. The van der Waals surface area contributed by atoms with Crippen LogP contribution in [0, 0.1) is 5.82 Å². The molecule has 0 aliphatic carbocycles. The Bertz CT molecular complexity index is 1330. The summed E-state index contributed by atoms with van der Waals surface area (Å²) >= 11 is 0. The SMILES string of the molecule is CC(=O)NC(Cc1cccc(F)c1)C(=O)NC1CCN(S(=O)(=O)c2cccc3ccccc23)CC1. The van der Waals surface area contributed by atoms with E-state index in [2.05, 4.69) is 10.6 Å². The van der Waals surface area contributed by atoms with E-state index in [0.29, 0.717) is 23.8 Å². The number of nitrogens with zero attached hydrogens (tertiary/aromatic N) is 1. The molecule has 9 heteroatoms. The second-order valence-electron chi connectivity index (χ2n) is 8.75. The molecular weight excluding hydrogens is 469 g/mol. The van der Waals surface area contributed by atoms with Crippen molar-refractivity contribution >= 4 is 32.6 Å². The number of nitrogens with one attached hydrogen (secondary N) is 2. The quantitative estimate of drug-likeness (QED) is 0.525. The van der Waals surface area contributed by atoms with Crippen LogP contribution < -0.4 is 10.6 Å². The third kappa shape index (κ3) is 5.86. The Kier molecular flexibility index (Phi) is 7.47. The molecule has 7 nitrogen and oxygen atoms in total. The summed E-state index contributed by atoms with van der Waals surface area (Å²) in [5.74, 6) is -1.15. The zero-order chi connectivity index (χ0) is 25.0. The van der Waals surface area contributed by atoms with Gasteiger partial charge in [-0.15, -0.1) is 0 Å². The zero-order valence-electron chi connectivity index (χ0n) is 19.4. The molecule has 1 heterocycles. The monoisotopic (exact) mass is 497 g/mol. The van der Waals surface area contributed by atoms with E-state index in [-0.39, 0.29) is 42.3 Å². The summed E-state index contributed by atoms with van der Waals surface area (Å²) in [5.41, 5.74) is 0.593. The lowest BCUT2D eigenvalue weighted by atomic mass is 10.0. The first-order chi connectivity index (χ1) is 16.7. The fraction of sp³-hybridized carbons (Fsp3) is 0.308. The maximum atomic E-state index is 13.6. The number of rotatable bonds is 7. The van der Waals surface area contributed by atoms with E-state index in [4.69, 9.17) is 0 Å². The van der Waals surface area contributed by atoms with Gasteiger partial charge in [0.15, 0.2) is 0 Å². The van der Waals surface area contributed by atoms with Crippen molar-refractivity contribution < 1.29 is 22.4 Å². The zero-order valence-corrected chi connectivity index (χ0v) is 20.2. The van der Waals surface area contributed by atoms with Crippen molar-refractivity contribution in [2.24, 2.45) is 0 Å². The molecule has 1 aliphatic heterocycles. The standard InChI is InChI=1S/C26H28FN3O4S/c1-18(31)28-24(17-19-6-4-9-21(27)16-19)26(32)29-22-12-14-30(15-13-22)35(33,34)25-11-5-8-20-7-2-3-10-23(20)25/h2-11,16,22,24H,12-15,17H2,1H3,(H,28,31)(H,29,32). The lowest BCUT2D eigenvalue weighted by molar-refractivity contribution is -0.128. The van der Waals surface area contributed by atoms with Gasteiger partial charge in [0.25, 0.3) is 0 Å². The molecular formula is C26H28FN3O4S. The highest BCUT2D eigenvalue weighted by atomic mass is 32.2. The van der Waals surface area contributed by atoms with E-state index in [1.54, 1.807) is 30.3 Å². The Morgan fingerprint density at radius 1 is 1.03 bits per heavy atom. The lowest BCUT2D eigenvalue weighted by Crippen LogP contribution is -2.53. The summed E-state index contributed by atoms with van der Waals surface area (Å²) in [6.45, 7) is 1.86. The second kappa shape index (κ2) is 10.5. The van der Waals surface area contributed by atoms with Crippen LogP contribution in [0.15, 0.2) is 71.6 Å². The molecule has 0 spiro atoms. The number of piperidine rings is 1. The Morgan fingerprint density at radius 2 is 1.71 bits per heavy atom. The minimum Gasteiger partial charge on any atom is -0.351 e. The van der Waals surface area contributed by atoms with Crippen molar-refractivity contribution in [2.75, 3.05) is 13.1 Å². The number of carbonyl (C=O) groups excluding carboxylic acids is 2. The fourth-order valence-corrected chi connectivity index (χ4v) is 6.14. The molecule has 1 atom stereocenters. The number of carbonyl (C=O) groups is 2. The van der Waals surface area contributed by atoms with Crippen LogP contribution in [0.25, 0.3) is 10.8 Å². The maximum Gasteiger partial charge on any atom is 0.243 e. The number of halogens is 1. The molecule has 1 aliphatic rings. The van der Waals surface area contributed by atoms with E-state index in [1.165, 1.54) is 23.4 Å². The highest BCUT2D eigenvalue weighted by Gasteiger charge is 2.32. The fourth-order valence-electron chi connectivity index (χ4n) is 4.46. The van der Waals surface area contributed by atoms with Gasteiger partial charge in [-0.1, -0.05) is 48.5 Å². The molecule has 1 unspecified atom stereocenters. The average Bonchev–Trinajstić information content (AvgIpc) is 2.83. The Balaban J connectivity index is 1.41. The van der Waals surface area contributed by atoms with Crippen LogP contribution in [0.1, 0.15) is 25.3 Å². The number of fused-ring (bicyclic) bond motifs is 1. The van der Waals surface area contributed by atoms with Gasteiger partial charge in [0, 0.05) is 37.9 Å². The molecule has 0 saturated carbocycles. The third-order valence-corrected chi connectivity index (χ3v) is 8.15. The normalized spacial score (nSPS) is 16.1. The lowest BCUT2D eigenvalue weighted by Gasteiger charge is -2.32. The van der Waals surface area contributed by atoms with Crippen molar-refractivity contribution in [1.29, 1.82) is 0 Å². The van der Waals surface area contributed by atoms with Crippen molar-refractivity contribution in [3.8, 4) is 0 Å². The van der Waals surface area contributed by atoms with Crippen LogP contribution in [-0.2, 0) is 26.0 Å². The first-order valence-electron chi connectivity index (χ1n) is 11.5. The van der Waals surface area contributed by atoms with Crippen molar-refractivity contribution in [1.82, 2.24) is 14.9 Å². The minimum absolute atomic E-state index is 0.150. The minimum atomic E-state index is -3.69. The van der Waals surface area contributed by atoms with E-state index >= 15 is 0 Å². The molecule has 3 aromatic carbocycles. The Labute approximate surface area is 204 Å². The van der Waals surface area contributed by atoms with E-state index in [9.17, 15) is 22.4 Å². The number of sulfonamides is 1. The van der Waals surface area contributed by atoms with E-state index in [1.807, 2.05) is 24.3 Å². The molecule has 35 heavy (non-hydrogen) atoms. The van der Waals surface area contributed by atoms with Gasteiger partial charge in [-0.2, -0.15) is 4.31 Å². The third-order valence-electron chi connectivity index (χ3n) is 6.19. The van der Waals surface area contributed by atoms with Crippen LogP contribution in [0.5, 0.6) is 0 Å². The number of hydrogen-bond acceptors (Lipinski definition) is 4. The Hall–Kier alpha value is -3.30. The molecule has 0 bridgehead atoms. The number of amides is 2. The van der Waals surface area contributed by atoms with Gasteiger partial charge in [-0.3, -0.25) is 9.59 Å². The summed E-state index contributed by atoms with van der Waals surface area (Å²) in [4.78, 5) is 24.9. The largest absolute Gasteiger partial charge is 0.351 e. The predicted octanol–water partition coefficient (Wildman–Crippen LogP) is 3.00. The molecule has 1 fully saturated rings. The van der Waals surface area contributed by atoms with Gasteiger partial charge in [0.2, 0.25) is 21.8 Å².